The van der Waals surface area contributed by atoms with Gasteiger partial charge in [0.15, 0.2) is 0 Å². The van der Waals surface area contributed by atoms with E-state index in [1.54, 1.807) is 55.6 Å². The zero-order chi connectivity index (χ0) is 30.5. The van der Waals surface area contributed by atoms with Crippen molar-refractivity contribution in [3.8, 4) is 5.75 Å². The van der Waals surface area contributed by atoms with Gasteiger partial charge in [-0.05, 0) is 59.0 Å². The van der Waals surface area contributed by atoms with Gasteiger partial charge in [-0.25, -0.2) is 0 Å². The van der Waals surface area contributed by atoms with E-state index in [9.17, 15) is 19.2 Å². The molecular weight excluding hydrogens is 542 g/mol. The zero-order valence-electron chi connectivity index (χ0n) is 24.3. The number of methoxy groups -OCH3 is 1. The van der Waals surface area contributed by atoms with Crippen LogP contribution in [-0.2, 0) is 20.9 Å². The van der Waals surface area contributed by atoms with Crippen LogP contribution in [-0.4, -0.2) is 42.1 Å². The molecule has 0 unspecified atom stereocenters. The molecular formula is C35H33N3O5. The first kappa shape index (κ1) is 29.3. The lowest BCUT2D eigenvalue weighted by Gasteiger charge is -2.33. The van der Waals surface area contributed by atoms with Gasteiger partial charge in [0.25, 0.3) is 17.6 Å². The highest BCUT2D eigenvalue weighted by atomic mass is 16.5. The largest absolute Gasteiger partial charge is 0.497 e. The lowest BCUT2D eigenvalue weighted by Crippen LogP contribution is -2.46. The molecule has 0 radical (unpaired) electrons. The number of nitrogens with one attached hydrogen (secondary N) is 1. The molecule has 0 bridgehead atoms. The van der Waals surface area contributed by atoms with E-state index in [4.69, 9.17) is 4.74 Å². The number of para-hydroxylation sites is 1. The maximum Gasteiger partial charge on any atom is 0.299 e. The Morgan fingerprint density at radius 2 is 1.44 bits per heavy atom. The van der Waals surface area contributed by atoms with Gasteiger partial charge >= 0.3 is 0 Å². The fraction of sp³-hybridized carbons (Fsp3) is 0.200. The van der Waals surface area contributed by atoms with E-state index in [0.717, 1.165) is 11.1 Å². The Labute approximate surface area is 250 Å². The Kier molecular flexibility index (Phi) is 8.66. The number of hydrogen-bond donors (Lipinski definition) is 1. The highest BCUT2D eigenvalue weighted by Crippen LogP contribution is 2.31. The van der Waals surface area contributed by atoms with E-state index in [0.29, 0.717) is 22.7 Å². The number of fused-ring (bicyclic) bond motifs is 1. The van der Waals surface area contributed by atoms with E-state index < -0.39 is 36.1 Å². The van der Waals surface area contributed by atoms with Crippen molar-refractivity contribution in [2.75, 3.05) is 23.9 Å². The lowest BCUT2D eigenvalue weighted by molar-refractivity contribution is -0.139. The molecule has 1 aliphatic heterocycles. The third kappa shape index (κ3) is 6.33. The molecule has 218 valence electrons. The number of carbonyl (C=O) groups is 4. The number of anilines is 2. The van der Waals surface area contributed by atoms with Crippen LogP contribution in [0.5, 0.6) is 5.75 Å². The molecule has 0 saturated carbocycles. The maximum absolute atomic E-state index is 14.2. The van der Waals surface area contributed by atoms with Crippen LogP contribution in [0.4, 0.5) is 11.4 Å². The zero-order valence-corrected chi connectivity index (χ0v) is 24.3. The van der Waals surface area contributed by atoms with Gasteiger partial charge in [-0.2, -0.15) is 0 Å². The first-order valence-corrected chi connectivity index (χ1v) is 14.1. The van der Waals surface area contributed by atoms with Gasteiger partial charge in [0.05, 0.1) is 18.4 Å². The predicted octanol–water partition coefficient (Wildman–Crippen LogP) is 5.76. The summed E-state index contributed by atoms with van der Waals surface area (Å²) in [6.07, 6.45) is 0. The number of hydrogen-bond acceptors (Lipinski definition) is 5. The van der Waals surface area contributed by atoms with Gasteiger partial charge in [-0.15, -0.1) is 0 Å². The molecule has 0 saturated heterocycles. The summed E-state index contributed by atoms with van der Waals surface area (Å²) in [6.45, 7) is 3.87. The molecule has 4 aromatic carbocycles. The second-order valence-electron chi connectivity index (χ2n) is 10.7. The van der Waals surface area contributed by atoms with Gasteiger partial charge < -0.3 is 15.0 Å². The van der Waals surface area contributed by atoms with Crippen molar-refractivity contribution in [3.63, 3.8) is 0 Å². The number of ketones is 1. The van der Waals surface area contributed by atoms with Crippen molar-refractivity contribution in [2.24, 2.45) is 0 Å². The maximum atomic E-state index is 14.2. The fourth-order valence-corrected chi connectivity index (χ4v) is 5.16. The summed E-state index contributed by atoms with van der Waals surface area (Å²) in [5, 5.41) is 2.95. The summed E-state index contributed by atoms with van der Waals surface area (Å²) in [5.74, 6) is -1.41. The topological polar surface area (TPSA) is 96.0 Å². The fourth-order valence-electron chi connectivity index (χ4n) is 5.16. The molecule has 8 nitrogen and oxygen atoms in total. The standard InChI is InChI=1S/C35H33N3O5/c1-23(2)25-13-15-26(16-14-25)32(34(41)36-27-17-19-28(43-3)20-18-27)38(21-24-9-5-4-6-10-24)31(39)22-37-30-12-8-7-11-29(30)33(40)35(37)42/h4-20,23,32H,21-22H2,1-3H3,(H,36,41)/t32-/m1/s1. The van der Waals surface area contributed by atoms with Crippen LogP contribution < -0.4 is 15.0 Å². The van der Waals surface area contributed by atoms with Crippen LogP contribution in [0, 0.1) is 0 Å². The Morgan fingerprint density at radius 3 is 2.09 bits per heavy atom. The van der Waals surface area contributed by atoms with Gasteiger partial charge in [0.2, 0.25) is 5.91 Å². The second kappa shape index (κ2) is 12.7. The van der Waals surface area contributed by atoms with Crippen LogP contribution in [0.25, 0.3) is 0 Å². The normalized spacial score (nSPS) is 13.1. The van der Waals surface area contributed by atoms with Crippen molar-refractivity contribution in [3.05, 3.63) is 125 Å². The Morgan fingerprint density at radius 1 is 0.814 bits per heavy atom. The Bertz CT molecular complexity index is 1630. The van der Waals surface area contributed by atoms with Crippen molar-refractivity contribution >= 4 is 34.9 Å². The molecule has 0 aromatic heterocycles. The minimum absolute atomic E-state index is 0.101. The number of rotatable bonds is 10. The van der Waals surface area contributed by atoms with Crippen LogP contribution in [0.1, 0.15) is 52.9 Å². The molecule has 1 N–H and O–H groups in total. The molecule has 1 atom stereocenters. The highest BCUT2D eigenvalue weighted by molar-refractivity contribution is 6.52. The number of carbonyl (C=O) groups excluding carboxylic acids is 4. The molecule has 0 spiro atoms. The SMILES string of the molecule is COc1ccc(NC(=O)[C@@H](c2ccc(C(C)C)cc2)N(Cc2ccccc2)C(=O)CN2C(=O)C(=O)c3ccccc32)cc1. The van der Waals surface area contributed by atoms with Crippen molar-refractivity contribution in [2.45, 2.75) is 32.4 Å². The second-order valence-corrected chi connectivity index (χ2v) is 10.7. The predicted molar refractivity (Wildman–Crippen MR) is 165 cm³/mol. The van der Waals surface area contributed by atoms with Crippen molar-refractivity contribution in [1.29, 1.82) is 0 Å². The average molecular weight is 576 g/mol. The number of Topliss-reactive ketones (excluding diaryl/α,β-unsaturated/α-hetero) is 1. The first-order valence-electron chi connectivity index (χ1n) is 14.1. The molecule has 4 aromatic rings. The molecule has 0 fully saturated rings. The summed E-state index contributed by atoms with van der Waals surface area (Å²) in [6, 6.07) is 29.5. The third-order valence-corrected chi connectivity index (χ3v) is 7.52. The van der Waals surface area contributed by atoms with Gasteiger partial charge in [-0.1, -0.05) is 80.6 Å². The monoisotopic (exact) mass is 575 g/mol. The van der Waals surface area contributed by atoms with Crippen LogP contribution in [0.3, 0.4) is 0 Å². The Balaban J connectivity index is 1.54. The number of benzene rings is 4. The van der Waals surface area contributed by atoms with Gasteiger partial charge in [-0.3, -0.25) is 24.1 Å². The Hall–Kier alpha value is -5.24. The number of ether oxygens (including phenoxy) is 1. The highest BCUT2D eigenvalue weighted by Gasteiger charge is 2.39. The molecule has 8 heteroatoms. The van der Waals surface area contributed by atoms with Gasteiger partial charge in [0, 0.05) is 12.2 Å². The molecule has 5 rings (SSSR count). The summed E-state index contributed by atoms with van der Waals surface area (Å²) in [7, 11) is 1.56. The van der Waals surface area contributed by atoms with E-state index in [2.05, 4.69) is 19.2 Å². The van der Waals surface area contributed by atoms with E-state index in [-0.39, 0.29) is 18.0 Å². The van der Waals surface area contributed by atoms with E-state index in [1.807, 2.05) is 54.6 Å². The summed E-state index contributed by atoms with van der Waals surface area (Å²) < 4.78 is 5.24. The third-order valence-electron chi connectivity index (χ3n) is 7.52. The number of nitrogens with zero attached hydrogens (tertiary/aromatic N) is 2. The number of amides is 3. The molecule has 3 amide bonds. The van der Waals surface area contributed by atoms with Crippen LogP contribution >= 0.6 is 0 Å². The summed E-state index contributed by atoms with van der Waals surface area (Å²) in [4.78, 5) is 56.6. The molecule has 1 heterocycles. The smallest absolute Gasteiger partial charge is 0.299 e. The summed E-state index contributed by atoms with van der Waals surface area (Å²) in [5.41, 5.74) is 3.69. The van der Waals surface area contributed by atoms with E-state index in [1.165, 1.54) is 9.80 Å². The van der Waals surface area contributed by atoms with E-state index >= 15 is 0 Å². The van der Waals surface area contributed by atoms with Crippen LogP contribution in [0.2, 0.25) is 0 Å². The molecule has 43 heavy (non-hydrogen) atoms. The average Bonchev–Trinajstić information content (AvgIpc) is 3.26. The van der Waals surface area contributed by atoms with Crippen molar-refractivity contribution < 1.29 is 23.9 Å². The van der Waals surface area contributed by atoms with Crippen molar-refractivity contribution in [1.82, 2.24) is 4.90 Å². The lowest BCUT2D eigenvalue weighted by atomic mass is 9.97. The molecule has 1 aliphatic rings. The molecule has 0 aliphatic carbocycles. The minimum atomic E-state index is -1.04. The summed E-state index contributed by atoms with van der Waals surface area (Å²) >= 11 is 0. The first-order chi connectivity index (χ1) is 20.8. The van der Waals surface area contributed by atoms with Crippen LogP contribution in [0.15, 0.2) is 103 Å². The van der Waals surface area contributed by atoms with Gasteiger partial charge in [0.1, 0.15) is 18.3 Å². The quantitative estimate of drug-likeness (QED) is 0.243. The minimum Gasteiger partial charge on any atom is -0.497 e.